The van der Waals surface area contributed by atoms with E-state index in [4.69, 9.17) is 10.5 Å². The number of rotatable bonds is 6. The van der Waals surface area contributed by atoms with Crippen molar-refractivity contribution in [3.63, 3.8) is 0 Å². The van der Waals surface area contributed by atoms with Crippen LogP contribution in [0, 0.1) is 11.8 Å². The van der Waals surface area contributed by atoms with Gasteiger partial charge >= 0.3 is 0 Å². The second-order valence-electron chi connectivity index (χ2n) is 4.60. The van der Waals surface area contributed by atoms with Crippen LogP contribution in [0.2, 0.25) is 0 Å². The number of carbonyl (C=O) groups is 1. The molecule has 1 aliphatic rings. The van der Waals surface area contributed by atoms with Gasteiger partial charge in [0, 0.05) is 18.6 Å². The first-order chi connectivity index (χ1) is 7.69. The van der Waals surface area contributed by atoms with Crippen LogP contribution in [0.4, 0.5) is 0 Å². The van der Waals surface area contributed by atoms with Gasteiger partial charge in [-0.3, -0.25) is 4.79 Å². The highest BCUT2D eigenvalue weighted by Crippen LogP contribution is 2.30. The van der Waals surface area contributed by atoms with Gasteiger partial charge in [0.15, 0.2) is 0 Å². The number of hydrogen-bond acceptors (Lipinski definition) is 3. The van der Waals surface area contributed by atoms with Crippen molar-refractivity contribution in [1.29, 1.82) is 0 Å². The Morgan fingerprint density at radius 1 is 1.56 bits per heavy atom. The van der Waals surface area contributed by atoms with Crippen LogP contribution in [0.5, 0.6) is 0 Å². The summed E-state index contributed by atoms with van der Waals surface area (Å²) in [5.41, 5.74) is 5.67. The Bertz CT molecular complexity index is 221. The monoisotopic (exact) mass is 228 g/mol. The van der Waals surface area contributed by atoms with Gasteiger partial charge in [-0.2, -0.15) is 0 Å². The summed E-state index contributed by atoms with van der Waals surface area (Å²) in [7, 11) is 0. The summed E-state index contributed by atoms with van der Waals surface area (Å²) in [5, 5.41) is 3.00. The maximum Gasteiger partial charge on any atom is 0.223 e. The molecule has 16 heavy (non-hydrogen) atoms. The lowest BCUT2D eigenvalue weighted by Crippen LogP contribution is -2.41. The lowest BCUT2D eigenvalue weighted by Gasteiger charge is -2.20. The number of carbonyl (C=O) groups excluding carboxylic acids is 1. The first-order valence-corrected chi connectivity index (χ1v) is 6.27. The molecule has 1 fully saturated rings. The van der Waals surface area contributed by atoms with Crippen molar-refractivity contribution in [1.82, 2.24) is 5.32 Å². The Kier molecular flexibility index (Phi) is 5.77. The molecule has 1 amide bonds. The van der Waals surface area contributed by atoms with Gasteiger partial charge < -0.3 is 15.8 Å². The predicted octanol–water partition coefficient (Wildman–Crippen LogP) is 0.903. The van der Waals surface area contributed by atoms with Gasteiger partial charge in [-0.25, -0.2) is 0 Å². The van der Waals surface area contributed by atoms with Crippen molar-refractivity contribution in [2.24, 2.45) is 17.6 Å². The molecule has 94 valence electrons. The van der Waals surface area contributed by atoms with Crippen molar-refractivity contribution in [3.8, 4) is 0 Å². The van der Waals surface area contributed by atoms with Gasteiger partial charge in [-0.15, -0.1) is 0 Å². The zero-order chi connectivity index (χ0) is 12.0. The third-order valence-corrected chi connectivity index (χ3v) is 3.26. The van der Waals surface area contributed by atoms with Crippen molar-refractivity contribution in [3.05, 3.63) is 0 Å². The third-order valence-electron chi connectivity index (χ3n) is 3.26. The SMILES string of the molecule is CCOCC(C)NC(=O)C1CCCC1CN. The molecule has 4 nitrogen and oxygen atoms in total. The molecule has 0 radical (unpaired) electrons. The van der Waals surface area contributed by atoms with Gasteiger partial charge in [-0.1, -0.05) is 6.42 Å². The van der Waals surface area contributed by atoms with Crippen molar-refractivity contribution in [2.75, 3.05) is 19.8 Å². The first kappa shape index (κ1) is 13.5. The minimum absolute atomic E-state index is 0.0893. The molecular weight excluding hydrogens is 204 g/mol. The van der Waals surface area contributed by atoms with E-state index in [-0.39, 0.29) is 17.9 Å². The molecule has 3 N–H and O–H groups in total. The van der Waals surface area contributed by atoms with Crippen molar-refractivity contribution in [2.45, 2.75) is 39.2 Å². The molecule has 0 aromatic rings. The normalized spacial score (nSPS) is 26.7. The predicted molar refractivity (Wildman–Crippen MR) is 64.0 cm³/mol. The Morgan fingerprint density at radius 3 is 2.94 bits per heavy atom. The summed E-state index contributed by atoms with van der Waals surface area (Å²) >= 11 is 0. The number of nitrogens with two attached hydrogens (primary N) is 1. The highest BCUT2D eigenvalue weighted by molar-refractivity contribution is 5.79. The fraction of sp³-hybridized carbons (Fsp3) is 0.917. The van der Waals surface area contributed by atoms with Crippen LogP contribution >= 0.6 is 0 Å². The van der Waals surface area contributed by atoms with Crippen LogP contribution in [-0.4, -0.2) is 31.7 Å². The van der Waals surface area contributed by atoms with E-state index in [0.717, 1.165) is 19.3 Å². The van der Waals surface area contributed by atoms with Crippen molar-refractivity contribution < 1.29 is 9.53 Å². The second-order valence-corrected chi connectivity index (χ2v) is 4.60. The molecule has 0 heterocycles. The Labute approximate surface area is 97.9 Å². The molecule has 3 atom stereocenters. The molecule has 4 heteroatoms. The number of ether oxygens (including phenoxy) is 1. The van der Waals surface area contributed by atoms with Gasteiger partial charge in [0.1, 0.15) is 0 Å². The van der Waals surface area contributed by atoms with Crippen LogP contribution in [0.3, 0.4) is 0 Å². The average Bonchev–Trinajstić information content (AvgIpc) is 2.74. The summed E-state index contributed by atoms with van der Waals surface area (Å²) in [5.74, 6) is 0.647. The second kappa shape index (κ2) is 6.86. The molecule has 0 bridgehead atoms. The highest BCUT2D eigenvalue weighted by atomic mass is 16.5. The van der Waals surface area contributed by atoms with Crippen LogP contribution in [0.1, 0.15) is 33.1 Å². The average molecular weight is 228 g/mol. The quantitative estimate of drug-likeness (QED) is 0.710. The van der Waals surface area contributed by atoms with E-state index in [0.29, 0.717) is 25.7 Å². The molecule has 1 rings (SSSR count). The summed E-state index contributed by atoms with van der Waals surface area (Å²) in [6.45, 7) is 5.82. The van der Waals surface area contributed by atoms with Crippen LogP contribution in [0.15, 0.2) is 0 Å². The van der Waals surface area contributed by atoms with E-state index in [1.165, 1.54) is 0 Å². The molecule has 0 aromatic carbocycles. The number of hydrogen-bond donors (Lipinski definition) is 2. The smallest absolute Gasteiger partial charge is 0.223 e. The van der Waals surface area contributed by atoms with Gasteiger partial charge in [0.2, 0.25) is 5.91 Å². The molecule has 0 spiro atoms. The minimum Gasteiger partial charge on any atom is -0.380 e. The van der Waals surface area contributed by atoms with E-state index in [1.54, 1.807) is 0 Å². The molecule has 0 saturated heterocycles. The Hall–Kier alpha value is -0.610. The topological polar surface area (TPSA) is 64.3 Å². The number of nitrogens with one attached hydrogen (secondary N) is 1. The molecule has 1 aliphatic carbocycles. The van der Waals surface area contributed by atoms with Crippen LogP contribution < -0.4 is 11.1 Å². The summed E-state index contributed by atoms with van der Waals surface area (Å²) < 4.78 is 5.27. The van der Waals surface area contributed by atoms with E-state index >= 15 is 0 Å². The van der Waals surface area contributed by atoms with Gasteiger partial charge in [0.25, 0.3) is 0 Å². The minimum atomic E-state index is 0.0893. The zero-order valence-corrected chi connectivity index (χ0v) is 10.4. The van der Waals surface area contributed by atoms with Crippen LogP contribution in [0.25, 0.3) is 0 Å². The van der Waals surface area contributed by atoms with E-state index in [1.807, 2.05) is 13.8 Å². The molecule has 3 unspecified atom stereocenters. The lowest BCUT2D eigenvalue weighted by molar-refractivity contribution is -0.127. The summed E-state index contributed by atoms with van der Waals surface area (Å²) in [4.78, 5) is 12.0. The van der Waals surface area contributed by atoms with E-state index in [2.05, 4.69) is 5.32 Å². The van der Waals surface area contributed by atoms with Gasteiger partial charge in [-0.05, 0) is 39.2 Å². The maximum absolute atomic E-state index is 12.0. The van der Waals surface area contributed by atoms with E-state index in [9.17, 15) is 4.79 Å². The zero-order valence-electron chi connectivity index (χ0n) is 10.4. The Balaban J connectivity index is 2.33. The maximum atomic E-state index is 12.0. The van der Waals surface area contributed by atoms with Gasteiger partial charge in [0.05, 0.1) is 6.61 Å². The molecule has 0 aliphatic heterocycles. The fourth-order valence-electron chi connectivity index (χ4n) is 2.35. The number of amides is 1. The first-order valence-electron chi connectivity index (χ1n) is 6.27. The highest BCUT2D eigenvalue weighted by Gasteiger charge is 2.32. The lowest BCUT2D eigenvalue weighted by atomic mass is 9.95. The van der Waals surface area contributed by atoms with E-state index < -0.39 is 0 Å². The van der Waals surface area contributed by atoms with Crippen LogP contribution in [-0.2, 0) is 9.53 Å². The molecule has 1 saturated carbocycles. The largest absolute Gasteiger partial charge is 0.380 e. The fourth-order valence-corrected chi connectivity index (χ4v) is 2.35. The van der Waals surface area contributed by atoms with Crippen molar-refractivity contribution >= 4 is 5.91 Å². The Morgan fingerprint density at radius 2 is 2.31 bits per heavy atom. The third kappa shape index (κ3) is 3.76. The summed E-state index contributed by atoms with van der Waals surface area (Å²) in [6, 6.07) is 0.0893. The standard InChI is InChI=1S/C12H24N2O2/c1-3-16-8-9(2)14-12(15)11-6-4-5-10(11)7-13/h9-11H,3-8,13H2,1-2H3,(H,14,15). The molecular formula is C12H24N2O2. The molecule has 0 aromatic heterocycles. The summed E-state index contributed by atoms with van der Waals surface area (Å²) in [6.07, 6.45) is 3.20.